The van der Waals surface area contributed by atoms with E-state index in [2.05, 4.69) is 21.2 Å². The van der Waals surface area contributed by atoms with Gasteiger partial charge in [-0.1, -0.05) is 51.8 Å². The first-order chi connectivity index (χ1) is 12.4. The maximum atomic E-state index is 12.5. The van der Waals surface area contributed by atoms with Crippen LogP contribution in [0.1, 0.15) is 24.9 Å². The molecule has 2 atom stereocenters. The fourth-order valence-corrected chi connectivity index (χ4v) is 2.72. The summed E-state index contributed by atoms with van der Waals surface area (Å²) < 4.78 is 11.3. The van der Waals surface area contributed by atoms with E-state index in [9.17, 15) is 9.59 Å². The Hall–Kier alpha value is -2.05. The van der Waals surface area contributed by atoms with Crippen molar-refractivity contribution in [1.82, 2.24) is 5.32 Å². The second kappa shape index (κ2) is 9.59. The fourth-order valence-electron chi connectivity index (χ4n) is 2.27. The van der Waals surface area contributed by atoms with Crippen molar-refractivity contribution in [3.63, 3.8) is 0 Å². The van der Waals surface area contributed by atoms with Crippen molar-refractivity contribution in [2.45, 2.75) is 25.5 Å². The number of halogens is 2. The second-order valence-corrected chi connectivity index (χ2v) is 6.91. The van der Waals surface area contributed by atoms with Gasteiger partial charge in [-0.05, 0) is 36.8 Å². The third-order valence-corrected chi connectivity index (χ3v) is 4.54. The molecular formula is C19H19BrClNO4. The molecule has 0 aliphatic heterocycles. The minimum absolute atomic E-state index is 0.0166. The van der Waals surface area contributed by atoms with E-state index in [1.807, 2.05) is 24.3 Å². The quantitative estimate of drug-likeness (QED) is 0.652. The van der Waals surface area contributed by atoms with E-state index >= 15 is 0 Å². The maximum absolute atomic E-state index is 12.5. The van der Waals surface area contributed by atoms with Gasteiger partial charge in [0.15, 0.2) is 6.10 Å². The molecule has 0 aliphatic rings. The van der Waals surface area contributed by atoms with Crippen LogP contribution >= 0.6 is 27.5 Å². The molecule has 138 valence electrons. The summed E-state index contributed by atoms with van der Waals surface area (Å²) in [5.74, 6) is -0.357. The molecule has 0 fully saturated rings. The van der Waals surface area contributed by atoms with Crippen molar-refractivity contribution in [3.8, 4) is 5.75 Å². The largest absolute Gasteiger partial charge is 0.479 e. The molecule has 0 saturated heterocycles. The first-order valence-electron chi connectivity index (χ1n) is 7.94. The number of benzene rings is 2. The predicted molar refractivity (Wildman–Crippen MR) is 103 cm³/mol. The zero-order valence-corrected chi connectivity index (χ0v) is 16.7. The number of carbonyl (C=O) groups excluding carboxylic acids is 2. The van der Waals surface area contributed by atoms with Crippen molar-refractivity contribution >= 4 is 39.4 Å². The van der Waals surface area contributed by atoms with E-state index in [0.29, 0.717) is 10.8 Å². The Morgan fingerprint density at radius 3 is 2.42 bits per heavy atom. The number of methoxy groups -OCH3 is 1. The second-order valence-electron chi connectivity index (χ2n) is 5.58. The van der Waals surface area contributed by atoms with Gasteiger partial charge in [0, 0.05) is 4.47 Å². The summed E-state index contributed by atoms with van der Waals surface area (Å²) in [5.41, 5.74) is 0.789. The molecule has 2 aromatic rings. The van der Waals surface area contributed by atoms with Crippen LogP contribution in [-0.2, 0) is 14.3 Å². The van der Waals surface area contributed by atoms with Crippen molar-refractivity contribution in [1.29, 1.82) is 0 Å². The van der Waals surface area contributed by atoms with Crippen LogP contribution in [0.3, 0.4) is 0 Å². The molecule has 1 amide bonds. The highest BCUT2D eigenvalue weighted by Crippen LogP contribution is 2.25. The molecule has 0 aliphatic carbocycles. The number of rotatable bonds is 7. The van der Waals surface area contributed by atoms with Crippen molar-refractivity contribution in [2.75, 3.05) is 7.11 Å². The number of carbonyl (C=O) groups is 2. The Labute approximate surface area is 165 Å². The van der Waals surface area contributed by atoms with Crippen LogP contribution in [-0.4, -0.2) is 25.1 Å². The van der Waals surface area contributed by atoms with Crippen LogP contribution in [0.5, 0.6) is 5.75 Å². The Balaban J connectivity index is 2.10. The van der Waals surface area contributed by atoms with Gasteiger partial charge in [-0.2, -0.15) is 0 Å². The molecular weight excluding hydrogens is 422 g/mol. The molecule has 5 nitrogen and oxygen atoms in total. The Morgan fingerprint density at radius 2 is 1.81 bits per heavy atom. The highest BCUT2D eigenvalue weighted by Gasteiger charge is 2.23. The van der Waals surface area contributed by atoms with E-state index in [1.165, 1.54) is 7.11 Å². The molecule has 2 aromatic carbocycles. The summed E-state index contributed by atoms with van der Waals surface area (Å²) in [6, 6.07) is 13.7. The van der Waals surface area contributed by atoms with Gasteiger partial charge in [-0.15, -0.1) is 0 Å². The lowest BCUT2D eigenvalue weighted by Crippen LogP contribution is -2.39. The average Bonchev–Trinajstić information content (AvgIpc) is 2.63. The zero-order valence-electron chi connectivity index (χ0n) is 14.4. The Bertz CT molecular complexity index is 766. The first-order valence-corrected chi connectivity index (χ1v) is 9.11. The number of para-hydroxylation sites is 1. The van der Waals surface area contributed by atoms with E-state index in [1.54, 1.807) is 31.2 Å². The van der Waals surface area contributed by atoms with Crippen LogP contribution < -0.4 is 10.1 Å². The molecule has 7 heteroatoms. The van der Waals surface area contributed by atoms with Crippen LogP contribution in [0.25, 0.3) is 0 Å². The third-order valence-electron chi connectivity index (χ3n) is 3.70. The van der Waals surface area contributed by atoms with E-state index in [0.717, 1.165) is 10.0 Å². The fraction of sp³-hybridized carbons (Fsp3) is 0.263. The Kier molecular flexibility index (Phi) is 7.48. The van der Waals surface area contributed by atoms with Gasteiger partial charge in [-0.3, -0.25) is 9.59 Å². The minimum Gasteiger partial charge on any atom is -0.479 e. The first kappa shape index (κ1) is 20.3. The zero-order chi connectivity index (χ0) is 19.1. The van der Waals surface area contributed by atoms with Gasteiger partial charge < -0.3 is 14.8 Å². The van der Waals surface area contributed by atoms with Crippen LogP contribution in [0.4, 0.5) is 0 Å². The minimum atomic E-state index is -0.787. The lowest BCUT2D eigenvalue weighted by atomic mass is 10.0. The molecule has 0 radical (unpaired) electrons. The van der Waals surface area contributed by atoms with Crippen molar-refractivity contribution < 1.29 is 19.1 Å². The normalized spacial score (nSPS) is 12.8. The number of amides is 1. The van der Waals surface area contributed by atoms with Crippen LogP contribution in [0.2, 0.25) is 5.02 Å². The van der Waals surface area contributed by atoms with Gasteiger partial charge in [-0.25, -0.2) is 0 Å². The number of esters is 1. The van der Waals surface area contributed by atoms with Crippen LogP contribution in [0.15, 0.2) is 53.0 Å². The number of ether oxygens (including phenoxy) is 2. The molecule has 0 spiro atoms. The van der Waals surface area contributed by atoms with Gasteiger partial charge in [0.25, 0.3) is 5.91 Å². The predicted octanol–water partition coefficient (Wildman–Crippen LogP) is 4.29. The number of hydrogen-bond donors (Lipinski definition) is 1. The van der Waals surface area contributed by atoms with E-state index < -0.39 is 18.1 Å². The molecule has 0 bridgehead atoms. The summed E-state index contributed by atoms with van der Waals surface area (Å²) in [6.07, 6.45) is -0.770. The summed E-state index contributed by atoms with van der Waals surface area (Å²) in [5, 5.41) is 3.26. The van der Waals surface area contributed by atoms with E-state index in [4.69, 9.17) is 21.1 Å². The molecule has 2 rings (SSSR count). The van der Waals surface area contributed by atoms with Gasteiger partial charge >= 0.3 is 5.97 Å². The van der Waals surface area contributed by atoms with E-state index in [-0.39, 0.29) is 12.3 Å². The summed E-state index contributed by atoms with van der Waals surface area (Å²) >= 11 is 9.42. The topological polar surface area (TPSA) is 64.6 Å². The average molecular weight is 441 g/mol. The van der Waals surface area contributed by atoms with Crippen molar-refractivity contribution in [2.24, 2.45) is 0 Å². The summed E-state index contributed by atoms with van der Waals surface area (Å²) in [7, 11) is 1.31. The highest BCUT2D eigenvalue weighted by molar-refractivity contribution is 9.10. The highest BCUT2D eigenvalue weighted by atomic mass is 79.9. The number of hydrogen-bond acceptors (Lipinski definition) is 4. The molecule has 2 unspecified atom stereocenters. The summed E-state index contributed by atoms with van der Waals surface area (Å²) in [6.45, 7) is 1.62. The standard InChI is InChI=1S/C19H19BrClNO4/c1-12(26-17-6-4-3-5-15(17)21)19(24)22-16(11-18(23)25-2)13-7-9-14(20)10-8-13/h3-10,12,16H,11H2,1-2H3,(H,22,24). The molecule has 0 saturated carbocycles. The van der Waals surface area contributed by atoms with Crippen molar-refractivity contribution in [3.05, 3.63) is 63.6 Å². The van der Waals surface area contributed by atoms with Crippen LogP contribution in [0, 0.1) is 0 Å². The molecule has 1 N–H and O–H groups in total. The molecule has 0 aromatic heterocycles. The molecule has 26 heavy (non-hydrogen) atoms. The van der Waals surface area contributed by atoms with Gasteiger partial charge in [0.2, 0.25) is 0 Å². The Morgan fingerprint density at radius 1 is 1.15 bits per heavy atom. The number of nitrogens with one attached hydrogen (secondary N) is 1. The lowest BCUT2D eigenvalue weighted by molar-refractivity contribution is -0.141. The van der Waals surface area contributed by atoms with Gasteiger partial charge in [0.1, 0.15) is 5.75 Å². The smallest absolute Gasteiger partial charge is 0.307 e. The SMILES string of the molecule is COC(=O)CC(NC(=O)C(C)Oc1ccccc1Cl)c1ccc(Br)cc1. The lowest BCUT2D eigenvalue weighted by Gasteiger charge is -2.21. The maximum Gasteiger partial charge on any atom is 0.307 e. The van der Waals surface area contributed by atoms with Gasteiger partial charge in [0.05, 0.1) is 24.6 Å². The summed E-state index contributed by atoms with van der Waals surface area (Å²) in [4.78, 5) is 24.3. The third kappa shape index (κ3) is 5.75. The molecule has 0 heterocycles. The monoisotopic (exact) mass is 439 g/mol.